The van der Waals surface area contributed by atoms with Gasteiger partial charge in [-0.2, -0.15) is 10.2 Å². The second-order valence-electron chi connectivity index (χ2n) is 15.6. The van der Waals surface area contributed by atoms with Crippen molar-refractivity contribution >= 4 is 0 Å². The van der Waals surface area contributed by atoms with E-state index in [0.29, 0.717) is 24.3 Å². The standard InChI is InChI=1S/2C18H19N3O3/c2*1-21-5-4-17-13-9-2-3-11(22)15(13)24-16(17)14-10(8-19-20-14)7-18(17,23)12(21)6-9/h2*2-3,8,12,16,22-23H,4-7H2,1H3,(H,19,20). The number of likely N-dealkylation sites (tertiary alicyclic amines) is 2. The molecule has 6 heterocycles. The Morgan fingerprint density at radius 2 is 1.12 bits per heavy atom. The Morgan fingerprint density at radius 1 is 0.688 bits per heavy atom. The lowest BCUT2D eigenvalue weighted by molar-refractivity contribution is -0.167. The number of benzene rings is 2. The molecule has 12 nitrogen and oxygen atoms in total. The molecule has 48 heavy (non-hydrogen) atoms. The Labute approximate surface area is 276 Å². The number of phenols is 2. The lowest BCUT2D eigenvalue weighted by atomic mass is 9.49. The average molecular weight is 651 g/mol. The van der Waals surface area contributed by atoms with E-state index in [1.165, 1.54) is 11.1 Å². The molecular formula is C36H38N6O6. The minimum absolute atomic E-state index is 0.0448. The van der Waals surface area contributed by atoms with E-state index < -0.39 is 22.0 Å². The van der Waals surface area contributed by atoms with Crippen LogP contribution >= 0.6 is 0 Å². The number of aromatic hydroxyl groups is 2. The second-order valence-corrected chi connectivity index (χ2v) is 15.6. The zero-order valence-electron chi connectivity index (χ0n) is 26.8. The largest absolute Gasteiger partial charge is 0.504 e. The maximum absolute atomic E-state index is 12.0. The van der Waals surface area contributed by atoms with Crippen LogP contribution in [0.1, 0.15) is 69.8 Å². The highest BCUT2D eigenvalue weighted by Crippen LogP contribution is 2.69. The smallest absolute Gasteiger partial charge is 0.166 e. The molecule has 0 radical (unpaired) electrons. The van der Waals surface area contributed by atoms with E-state index in [9.17, 15) is 20.4 Å². The van der Waals surface area contributed by atoms with Crippen molar-refractivity contribution in [2.45, 2.75) is 84.8 Å². The molecule has 8 unspecified atom stereocenters. The summed E-state index contributed by atoms with van der Waals surface area (Å²) in [6, 6.07) is 7.52. The van der Waals surface area contributed by atoms with Gasteiger partial charge in [0.15, 0.2) is 35.2 Å². The fourth-order valence-electron chi connectivity index (χ4n) is 11.8. The molecule has 12 rings (SSSR count). The number of likely N-dealkylation sites (N-methyl/N-ethyl adjacent to an activating group) is 2. The highest BCUT2D eigenvalue weighted by atomic mass is 16.5. The van der Waals surface area contributed by atoms with Crippen molar-refractivity contribution in [1.29, 1.82) is 0 Å². The van der Waals surface area contributed by atoms with E-state index in [0.717, 1.165) is 72.4 Å². The molecular weight excluding hydrogens is 612 g/mol. The maximum atomic E-state index is 12.0. The number of phenolic OH excluding ortho intramolecular Hbond substituents is 2. The first-order valence-corrected chi connectivity index (χ1v) is 17.1. The Kier molecular flexibility index (Phi) is 4.95. The highest BCUT2D eigenvalue weighted by Gasteiger charge is 2.74. The normalized spacial score (nSPS) is 38.4. The van der Waals surface area contributed by atoms with Gasteiger partial charge >= 0.3 is 0 Å². The lowest BCUT2D eigenvalue weighted by Gasteiger charge is -2.62. The summed E-state index contributed by atoms with van der Waals surface area (Å²) < 4.78 is 12.6. The van der Waals surface area contributed by atoms with E-state index in [1.807, 2.05) is 12.1 Å². The Hall–Kier alpha value is -4.10. The number of aromatic nitrogens is 4. The fraction of sp³-hybridized carbons (Fsp3) is 0.500. The molecule has 4 aliphatic carbocycles. The van der Waals surface area contributed by atoms with Gasteiger partial charge in [-0.05, 0) is 87.3 Å². The Balaban J connectivity index is 0.000000117. The molecule has 4 aliphatic heterocycles. The minimum Gasteiger partial charge on any atom is -0.504 e. The highest BCUT2D eigenvalue weighted by molar-refractivity contribution is 5.65. The second kappa shape index (κ2) is 8.54. The van der Waals surface area contributed by atoms with Gasteiger partial charge in [-0.25, -0.2) is 0 Å². The summed E-state index contributed by atoms with van der Waals surface area (Å²) in [5.74, 6) is 1.44. The fourth-order valence-corrected chi connectivity index (χ4v) is 11.8. The van der Waals surface area contributed by atoms with Crippen molar-refractivity contribution in [3.63, 3.8) is 0 Å². The van der Waals surface area contributed by atoms with Crippen LogP contribution in [0.15, 0.2) is 36.7 Å². The van der Waals surface area contributed by atoms with E-state index in [2.05, 4.69) is 44.3 Å². The van der Waals surface area contributed by atoms with Crippen molar-refractivity contribution in [1.82, 2.24) is 30.2 Å². The molecule has 0 saturated carbocycles. The van der Waals surface area contributed by atoms with E-state index in [1.54, 1.807) is 24.5 Å². The number of nitrogens with zero attached hydrogens (tertiary/aromatic N) is 4. The first-order chi connectivity index (χ1) is 23.1. The van der Waals surface area contributed by atoms with Crippen molar-refractivity contribution in [3.05, 3.63) is 81.4 Å². The summed E-state index contributed by atoms with van der Waals surface area (Å²) in [5, 5.41) is 59.4. The van der Waals surface area contributed by atoms with Gasteiger partial charge < -0.3 is 39.7 Å². The third-order valence-electron chi connectivity index (χ3n) is 13.9. The van der Waals surface area contributed by atoms with Crippen LogP contribution in [0.3, 0.4) is 0 Å². The molecule has 12 heteroatoms. The molecule has 248 valence electrons. The number of hydrogen-bond donors (Lipinski definition) is 6. The van der Waals surface area contributed by atoms with E-state index in [4.69, 9.17) is 9.47 Å². The van der Waals surface area contributed by atoms with Crippen LogP contribution in [0.5, 0.6) is 23.0 Å². The maximum Gasteiger partial charge on any atom is 0.166 e. The molecule has 8 aliphatic rings. The van der Waals surface area contributed by atoms with Gasteiger partial charge in [0.25, 0.3) is 0 Å². The number of aliphatic hydroxyl groups is 2. The van der Waals surface area contributed by atoms with E-state index in [-0.39, 0.29) is 35.8 Å². The zero-order valence-corrected chi connectivity index (χ0v) is 26.8. The SMILES string of the molecule is CN1CCC23c4c5ccc(O)c4OC2c2[nH]ncc2CC3(O)C1C5.CN1CCC23c4c5ccc(O)c4OC2c2[nH]ncc2CC3(O)C1C5. The minimum atomic E-state index is -0.909. The quantitative estimate of drug-likeness (QED) is 0.166. The molecule has 4 bridgehead atoms. The number of ether oxygens (including phenoxy) is 2. The van der Waals surface area contributed by atoms with Crippen LogP contribution < -0.4 is 9.47 Å². The number of rotatable bonds is 0. The first kappa shape index (κ1) is 27.8. The van der Waals surface area contributed by atoms with Gasteiger partial charge in [-0.3, -0.25) is 10.2 Å². The number of hydrogen-bond acceptors (Lipinski definition) is 10. The van der Waals surface area contributed by atoms with E-state index >= 15 is 0 Å². The van der Waals surface area contributed by atoms with Crippen LogP contribution in [0.25, 0.3) is 0 Å². The van der Waals surface area contributed by atoms with Gasteiger partial charge in [-0.15, -0.1) is 0 Å². The van der Waals surface area contributed by atoms with Crippen LogP contribution in [0, 0.1) is 0 Å². The van der Waals surface area contributed by atoms with Crippen LogP contribution in [0.4, 0.5) is 0 Å². The van der Waals surface area contributed by atoms with Crippen molar-refractivity contribution in [3.8, 4) is 23.0 Å². The van der Waals surface area contributed by atoms with Crippen LogP contribution in [-0.2, 0) is 36.5 Å². The van der Waals surface area contributed by atoms with Crippen molar-refractivity contribution in [2.24, 2.45) is 0 Å². The first-order valence-electron chi connectivity index (χ1n) is 17.1. The number of piperidine rings is 2. The summed E-state index contributed by atoms with van der Waals surface area (Å²) in [7, 11) is 4.19. The lowest BCUT2D eigenvalue weighted by Crippen LogP contribution is -2.73. The molecule has 2 saturated heterocycles. The summed E-state index contributed by atoms with van der Waals surface area (Å²) in [5.41, 5.74) is 5.54. The monoisotopic (exact) mass is 650 g/mol. The molecule has 6 N–H and O–H groups in total. The predicted molar refractivity (Wildman–Crippen MR) is 170 cm³/mol. The topological polar surface area (TPSA) is 163 Å². The van der Waals surface area contributed by atoms with Gasteiger partial charge in [0, 0.05) is 36.1 Å². The van der Waals surface area contributed by atoms with Crippen LogP contribution in [-0.4, -0.2) is 101 Å². The number of fused-ring (bicyclic) bond motifs is 4. The molecule has 8 atom stereocenters. The number of nitrogens with one attached hydrogen (secondary N) is 2. The summed E-state index contributed by atoms with van der Waals surface area (Å²) in [6.07, 6.45) is 7.30. The van der Waals surface area contributed by atoms with Gasteiger partial charge in [0.2, 0.25) is 0 Å². The summed E-state index contributed by atoms with van der Waals surface area (Å²) in [4.78, 5) is 4.56. The zero-order chi connectivity index (χ0) is 32.5. The number of H-pyrrole nitrogens is 2. The van der Waals surface area contributed by atoms with Gasteiger partial charge in [-0.1, -0.05) is 12.1 Å². The number of aromatic amines is 2. The molecule has 2 aromatic carbocycles. The Bertz CT molecular complexity index is 1930. The summed E-state index contributed by atoms with van der Waals surface area (Å²) >= 11 is 0. The molecule has 0 amide bonds. The van der Waals surface area contributed by atoms with Crippen LogP contribution in [0.2, 0.25) is 0 Å². The molecule has 2 aromatic heterocycles. The molecule has 2 fully saturated rings. The predicted octanol–water partition coefficient (Wildman–Crippen LogP) is 2.07. The average Bonchev–Trinajstić information content (AvgIpc) is 3.84. The molecule has 2 spiro atoms. The molecule has 4 aromatic rings. The van der Waals surface area contributed by atoms with Gasteiger partial charge in [0.1, 0.15) is 0 Å². The third kappa shape index (κ3) is 2.81. The van der Waals surface area contributed by atoms with Crippen molar-refractivity contribution < 1.29 is 29.9 Å². The van der Waals surface area contributed by atoms with Gasteiger partial charge in [0.05, 0.1) is 45.8 Å². The van der Waals surface area contributed by atoms with Crippen molar-refractivity contribution in [2.75, 3.05) is 27.2 Å². The Morgan fingerprint density at radius 3 is 1.56 bits per heavy atom. The summed E-state index contributed by atoms with van der Waals surface area (Å²) in [6.45, 7) is 1.82. The third-order valence-corrected chi connectivity index (χ3v) is 13.9.